The maximum atomic E-state index is 12.6. The molecule has 1 atom stereocenters. The second-order valence-corrected chi connectivity index (χ2v) is 3.49. The lowest BCUT2D eigenvalue weighted by atomic mass is 10.1. The monoisotopic (exact) mass is 253 g/mol. The summed E-state index contributed by atoms with van der Waals surface area (Å²) in [6.45, 7) is 3.57. The van der Waals surface area contributed by atoms with E-state index in [0.29, 0.717) is 5.01 Å². The van der Waals surface area contributed by atoms with Gasteiger partial charge in [-0.2, -0.15) is 23.3 Å². The van der Waals surface area contributed by atoms with Crippen molar-refractivity contribution >= 4 is 23.5 Å². The number of hydrazone groups is 1. The van der Waals surface area contributed by atoms with Crippen molar-refractivity contribution in [2.75, 3.05) is 6.54 Å². The first kappa shape index (κ1) is 12.9. The van der Waals surface area contributed by atoms with Gasteiger partial charge in [-0.1, -0.05) is 6.08 Å². The minimum absolute atomic E-state index is 0.193. The number of nitrogens with one attached hydrogen (secondary N) is 1. The molecule has 4 nitrogen and oxygen atoms in total. The van der Waals surface area contributed by atoms with Gasteiger partial charge in [-0.3, -0.25) is 0 Å². The Labute approximate surface area is 95.4 Å². The number of hydrogen-bond acceptors (Lipinski definition) is 3. The van der Waals surface area contributed by atoms with Crippen LogP contribution in [0.4, 0.5) is 13.2 Å². The predicted octanol–water partition coefficient (Wildman–Crippen LogP) is 0.989. The smallest absolute Gasteiger partial charge is 0.362 e. The molecule has 0 fully saturated rings. The molecule has 0 spiro atoms. The van der Waals surface area contributed by atoms with E-state index >= 15 is 0 Å². The molecule has 0 radical (unpaired) electrons. The molecule has 0 unspecified atom stereocenters. The summed E-state index contributed by atoms with van der Waals surface area (Å²) in [5, 5.41) is 15.4. The van der Waals surface area contributed by atoms with Crippen LogP contribution >= 0.6 is 12.2 Å². The summed E-state index contributed by atoms with van der Waals surface area (Å²) in [6.07, 6.45) is -3.08. The van der Waals surface area contributed by atoms with Crippen LogP contribution in [-0.4, -0.2) is 39.9 Å². The van der Waals surface area contributed by atoms with Gasteiger partial charge >= 0.3 is 6.18 Å². The Morgan fingerprint density at radius 3 is 2.88 bits per heavy atom. The SMILES string of the molecule is C=CCNC(=S)N1N=CC[C@@]1(O)C(F)(F)F. The Morgan fingerprint density at radius 2 is 2.38 bits per heavy atom. The summed E-state index contributed by atoms with van der Waals surface area (Å²) in [6, 6.07) is 0. The second kappa shape index (κ2) is 4.38. The summed E-state index contributed by atoms with van der Waals surface area (Å²) in [7, 11) is 0. The average molecular weight is 253 g/mol. The number of rotatable bonds is 2. The third-order valence-corrected chi connectivity index (χ3v) is 2.28. The van der Waals surface area contributed by atoms with Crippen molar-refractivity contribution in [2.24, 2.45) is 5.10 Å². The second-order valence-electron chi connectivity index (χ2n) is 3.10. The fourth-order valence-electron chi connectivity index (χ4n) is 1.12. The number of alkyl halides is 3. The molecule has 0 amide bonds. The highest BCUT2D eigenvalue weighted by molar-refractivity contribution is 7.80. The van der Waals surface area contributed by atoms with Crippen LogP contribution in [0.25, 0.3) is 0 Å². The summed E-state index contributed by atoms with van der Waals surface area (Å²) in [5.74, 6) is 0. The van der Waals surface area contributed by atoms with Gasteiger partial charge in [0.05, 0.1) is 0 Å². The molecule has 1 heterocycles. The molecular formula is C8H10F3N3OS. The van der Waals surface area contributed by atoms with Crippen LogP contribution < -0.4 is 5.32 Å². The molecule has 0 bridgehead atoms. The van der Waals surface area contributed by atoms with Crippen LogP contribution in [0.3, 0.4) is 0 Å². The zero-order chi connectivity index (χ0) is 12.4. The van der Waals surface area contributed by atoms with Gasteiger partial charge in [0.15, 0.2) is 5.11 Å². The van der Waals surface area contributed by atoms with E-state index in [-0.39, 0.29) is 11.7 Å². The van der Waals surface area contributed by atoms with Crippen LogP contribution in [-0.2, 0) is 0 Å². The van der Waals surface area contributed by atoms with E-state index in [2.05, 4.69) is 17.0 Å². The van der Waals surface area contributed by atoms with Crippen molar-refractivity contribution in [1.82, 2.24) is 10.3 Å². The van der Waals surface area contributed by atoms with Gasteiger partial charge in [0.1, 0.15) is 0 Å². The lowest BCUT2D eigenvalue weighted by Crippen LogP contribution is -2.58. The van der Waals surface area contributed by atoms with Gasteiger partial charge in [0, 0.05) is 19.2 Å². The van der Waals surface area contributed by atoms with E-state index in [1.807, 2.05) is 0 Å². The third kappa shape index (κ3) is 2.17. The summed E-state index contributed by atoms with van der Waals surface area (Å²) in [5.41, 5.74) is -3.06. The van der Waals surface area contributed by atoms with E-state index in [0.717, 1.165) is 6.21 Å². The molecule has 1 rings (SSSR count). The highest BCUT2D eigenvalue weighted by Gasteiger charge is 2.60. The molecule has 0 saturated heterocycles. The molecule has 0 saturated carbocycles. The van der Waals surface area contributed by atoms with Crippen molar-refractivity contribution in [3.05, 3.63) is 12.7 Å². The van der Waals surface area contributed by atoms with Gasteiger partial charge in [0.25, 0.3) is 5.72 Å². The van der Waals surface area contributed by atoms with Gasteiger partial charge in [-0.15, -0.1) is 6.58 Å². The number of hydrogen-bond donors (Lipinski definition) is 2. The Kier molecular flexibility index (Phi) is 3.54. The maximum Gasteiger partial charge on any atom is 0.438 e. The van der Waals surface area contributed by atoms with Crippen LogP contribution in [0.1, 0.15) is 6.42 Å². The lowest BCUT2D eigenvalue weighted by Gasteiger charge is -2.33. The number of nitrogens with zero attached hydrogens (tertiary/aromatic N) is 2. The highest BCUT2D eigenvalue weighted by Crippen LogP contribution is 2.38. The predicted molar refractivity (Wildman–Crippen MR) is 56.8 cm³/mol. The molecule has 90 valence electrons. The topological polar surface area (TPSA) is 47.9 Å². The molecule has 16 heavy (non-hydrogen) atoms. The van der Waals surface area contributed by atoms with E-state index < -0.39 is 18.3 Å². The van der Waals surface area contributed by atoms with E-state index in [1.54, 1.807) is 0 Å². The van der Waals surface area contributed by atoms with Crippen LogP contribution in [0, 0.1) is 0 Å². The van der Waals surface area contributed by atoms with Crippen molar-refractivity contribution in [3.8, 4) is 0 Å². The van der Waals surface area contributed by atoms with Crippen LogP contribution in [0.5, 0.6) is 0 Å². The molecule has 1 aliphatic rings. The highest BCUT2D eigenvalue weighted by atomic mass is 32.1. The van der Waals surface area contributed by atoms with Crippen molar-refractivity contribution in [2.45, 2.75) is 18.3 Å². The minimum atomic E-state index is -4.83. The van der Waals surface area contributed by atoms with Crippen LogP contribution in [0.15, 0.2) is 17.8 Å². The molecule has 8 heteroatoms. The molecule has 1 aliphatic heterocycles. The van der Waals surface area contributed by atoms with Gasteiger partial charge in [0.2, 0.25) is 0 Å². The molecule has 0 aromatic carbocycles. The summed E-state index contributed by atoms with van der Waals surface area (Å²) < 4.78 is 37.8. The van der Waals surface area contributed by atoms with E-state index in [4.69, 9.17) is 12.2 Å². The number of aliphatic hydroxyl groups is 1. The first-order chi connectivity index (χ1) is 7.33. The van der Waals surface area contributed by atoms with Gasteiger partial charge in [-0.25, -0.2) is 0 Å². The Balaban J connectivity index is 2.83. The lowest BCUT2D eigenvalue weighted by molar-refractivity contribution is -0.294. The van der Waals surface area contributed by atoms with Crippen LogP contribution in [0.2, 0.25) is 0 Å². The zero-order valence-electron chi connectivity index (χ0n) is 8.16. The normalized spacial score (nSPS) is 24.6. The quantitative estimate of drug-likeness (QED) is 0.569. The summed E-state index contributed by atoms with van der Waals surface area (Å²) >= 11 is 4.69. The largest absolute Gasteiger partial charge is 0.438 e. The minimum Gasteiger partial charge on any atom is -0.362 e. The van der Waals surface area contributed by atoms with E-state index in [1.165, 1.54) is 6.08 Å². The zero-order valence-corrected chi connectivity index (χ0v) is 8.98. The number of halogens is 3. The first-order valence-electron chi connectivity index (χ1n) is 4.33. The van der Waals surface area contributed by atoms with E-state index in [9.17, 15) is 18.3 Å². The van der Waals surface area contributed by atoms with Crippen molar-refractivity contribution in [3.63, 3.8) is 0 Å². The maximum absolute atomic E-state index is 12.6. The van der Waals surface area contributed by atoms with Crippen molar-refractivity contribution < 1.29 is 18.3 Å². The molecule has 0 aromatic heterocycles. The average Bonchev–Trinajstić information content (AvgIpc) is 2.57. The number of thiocarbonyl (C=S) groups is 1. The molecule has 0 aromatic rings. The molecule has 0 aliphatic carbocycles. The Morgan fingerprint density at radius 1 is 1.75 bits per heavy atom. The standard InChI is InChI=1S/C8H10F3N3OS/c1-2-4-12-6(16)14-7(15,3-5-13-14)8(9,10)11/h2,5,15H,1,3-4H2,(H,12,16)/t7-/m1/s1. The fraction of sp³-hybridized carbons (Fsp3) is 0.500. The molecular weight excluding hydrogens is 243 g/mol. The van der Waals surface area contributed by atoms with Gasteiger partial charge in [-0.05, 0) is 12.2 Å². The third-order valence-electron chi connectivity index (χ3n) is 1.97. The molecule has 2 N–H and O–H groups in total. The summed E-state index contributed by atoms with van der Waals surface area (Å²) in [4.78, 5) is 0. The fourth-order valence-corrected chi connectivity index (χ4v) is 1.40. The Bertz CT molecular complexity index is 331. The van der Waals surface area contributed by atoms with Crippen molar-refractivity contribution in [1.29, 1.82) is 0 Å². The van der Waals surface area contributed by atoms with Gasteiger partial charge < -0.3 is 10.4 Å². The first-order valence-corrected chi connectivity index (χ1v) is 4.74. The Hall–Kier alpha value is -1.15.